The van der Waals surface area contributed by atoms with Gasteiger partial charge in [0.1, 0.15) is 12.4 Å². The molecule has 0 aliphatic rings. The fraction of sp³-hybridized carbons (Fsp3) is 0.364. The minimum absolute atomic E-state index is 0.140. The first-order valence-electron chi connectivity index (χ1n) is 4.59. The summed E-state index contributed by atoms with van der Waals surface area (Å²) in [5.41, 5.74) is 0.219. The molecule has 0 bridgehead atoms. The zero-order chi connectivity index (χ0) is 11.6. The van der Waals surface area contributed by atoms with Crippen molar-refractivity contribution in [2.45, 2.75) is 26.4 Å². The first kappa shape index (κ1) is 11.5. The van der Waals surface area contributed by atoms with Crippen LogP contribution in [0.1, 0.15) is 31.3 Å². The minimum Gasteiger partial charge on any atom is -0.502 e. The molecular formula is C11H14O4. The fourth-order valence-corrected chi connectivity index (χ4v) is 1.15. The summed E-state index contributed by atoms with van der Waals surface area (Å²) < 4.78 is 5.20. The lowest BCUT2D eigenvalue weighted by atomic mass is 10.0. The molecular weight excluding hydrogens is 196 g/mol. The Bertz CT molecular complexity index is 431. The molecule has 1 aromatic heterocycles. The summed E-state index contributed by atoms with van der Waals surface area (Å²) in [6.45, 7) is 6.89. The number of aliphatic hydroxyl groups is 1. The van der Waals surface area contributed by atoms with Crippen LogP contribution in [-0.2, 0) is 6.61 Å². The number of allylic oxidation sites excluding steroid dienone is 1. The maximum atomic E-state index is 11.3. The van der Waals surface area contributed by atoms with Crippen LogP contribution in [0.15, 0.2) is 27.4 Å². The molecule has 2 N–H and O–H groups in total. The van der Waals surface area contributed by atoms with Gasteiger partial charge in [-0.05, 0) is 6.92 Å². The van der Waals surface area contributed by atoms with Crippen molar-refractivity contribution in [3.05, 3.63) is 40.0 Å². The molecule has 4 heteroatoms. The Morgan fingerprint density at radius 1 is 1.67 bits per heavy atom. The van der Waals surface area contributed by atoms with E-state index in [1.807, 2.05) is 0 Å². The van der Waals surface area contributed by atoms with E-state index in [0.717, 1.165) is 11.6 Å². The van der Waals surface area contributed by atoms with Gasteiger partial charge in [-0.25, -0.2) is 0 Å². The summed E-state index contributed by atoms with van der Waals surface area (Å²) in [4.78, 5) is 11.3. The summed E-state index contributed by atoms with van der Waals surface area (Å²) in [6, 6.07) is 1.07. The van der Waals surface area contributed by atoms with Gasteiger partial charge in [-0.3, -0.25) is 4.79 Å². The van der Waals surface area contributed by atoms with E-state index in [1.165, 1.54) is 0 Å². The first-order valence-corrected chi connectivity index (χ1v) is 4.59. The van der Waals surface area contributed by atoms with Gasteiger partial charge in [0.2, 0.25) is 11.2 Å². The van der Waals surface area contributed by atoms with Gasteiger partial charge in [-0.15, -0.1) is 0 Å². The predicted molar refractivity (Wildman–Crippen MR) is 55.8 cm³/mol. The quantitative estimate of drug-likeness (QED) is 0.742. The molecule has 0 fully saturated rings. The van der Waals surface area contributed by atoms with E-state index in [4.69, 9.17) is 9.52 Å². The van der Waals surface area contributed by atoms with Crippen molar-refractivity contribution in [1.82, 2.24) is 0 Å². The molecule has 0 aromatic carbocycles. The van der Waals surface area contributed by atoms with Crippen LogP contribution in [0.2, 0.25) is 0 Å². The van der Waals surface area contributed by atoms with E-state index < -0.39 is 11.2 Å². The molecule has 1 aromatic rings. The van der Waals surface area contributed by atoms with Gasteiger partial charge < -0.3 is 14.6 Å². The third-order valence-corrected chi connectivity index (χ3v) is 2.29. The topological polar surface area (TPSA) is 70.7 Å². The van der Waals surface area contributed by atoms with Crippen molar-refractivity contribution in [2.75, 3.05) is 0 Å². The monoisotopic (exact) mass is 210 g/mol. The summed E-state index contributed by atoms with van der Waals surface area (Å²) in [5, 5.41) is 18.4. The van der Waals surface area contributed by atoms with Gasteiger partial charge in [0.25, 0.3) is 0 Å². The smallest absolute Gasteiger partial charge is 0.227 e. The molecule has 0 aliphatic carbocycles. The van der Waals surface area contributed by atoms with Gasteiger partial charge in [-0.2, -0.15) is 0 Å². The van der Waals surface area contributed by atoms with Crippen LogP contribution in [0, 0.1) is 0 Å². The fourth-order valence-electron chi connectivity index (χ4n) is 1.15. The number of rotatable bonds is 3. The Balaban J connectivity index is 3.34. The van der Waals surface area contributed by atoms with E-state index in [2.05, 4.69) is 6.58 Å². The Morgan fingerprint density at radius 2 is 2.27 bits per heavy atom. The second-order valence-corrected chi connectivity index (χ2v) is 3.52. The molecule has 0 amide bonds. The highest BCUT2D eigenvalue weighted by molar-refractivity contribution is 5.31. The van der Waals surface area contributed by atoms with Gasteiger partial charge in [-0.1, -0.05) is 19.1 Å². The van der Waals surface area contributed by atoms with Crippen molar-refractivity contribution in [1.29, 1.82) is 0 Å². The van der Waals surface area contributed by atoms with E-state index in [9.17, 15) is 9.90 Å². The lowest BCUT2D eigenvalue weighted by Crippen LogP contribution is -2.07. The lowest BCUT2D eigenvalue weighted by molar-refractivity contribution is 0.234. The molecule has 0 saturated carbocycles. The molecule has 1 atom stereocenters. The van der Waals surface area contributed by atoms with Crippen molar-refractivity contribution in [3.63, 3.8) is 0 Å². The molecule has 15 heavy (non-hydrogen) atoms. The van der Waals surface area contributed by atoms with E-state index in [0.29, 0.717) is 0 Å². The molecule has 0 radical (unpaired) electrons. The van der Waals surface area contributed by atoms with Crippen LogP contribution in [0.5, 0.6) is 5.75 Å². The molecule has 1 unspecified atom stereocenters. The average molecular weight is 210 g/mol. The average Bonchev–Trinajstić information content (AvgIpc) is 2.20. The maximum Gasteiger partial charge on any atom is 0.227 e. The van der Waals surface area contributed by atoms with Crippen LogP contribution in [0.3, 0.4) is 0 Å². The van der Waals surface area contributed by atoms with Gasteiger partial charge in [0.15, 0.2) is 5.76 Å². The van der Waals surface area contributed by atoms with Crippen LogP contribution in [0.25, 0.3) is 0 Å². The normalized spacial score (nSPS) is 12.5. The second-order valence-electron chi connectivity index (χ2n) is 3.52. The summed E-state index contributed by atoms with van der Waals surface area (Å²) >= 11 is 0. The standard InChI is InChI=1S/C11H14O4/c1-6(2)7(3)11-10(14)9(13)4-8(5-12)15-11/h4,7,12,14H,1,5H2,2-3H3. The van der Waals surface area contributed by atoms with Crippen LogP contribution >= 0.6 is 0 Å². The van der Waals surface area contributed by atoms with E-state index in [1.54, 1.807) is 13.8 Å². The zero-order valence-electron chi connectivity index (χ0n) is 8.78. The van der Waals surface area contributed by atoms with Crippen molar-refractivity contribution in [3.8, 4) is 5.75 Å². The summed E-state index contributed by atoms with van der Waals surface area (Å²) in [7, 11) is 0. The number of aromatic hydroxyl groups is 1. The molecule has 0 saturated heterocycles. The third kappa shape index (κ3) is 2.27. The SMILES string of the molecule is C=C(C)C(C)c1oc(CO)cc(=O)c1O. The Labute approximate surface area is 87.5 Å². The molecule has 82 valence electrons. The molecule has 4 nitrogen and oxygen atoms in total. The molecule has 0 spiro atoms. The highest BCUT2D eigenvalue weighted by Gasteiger charge is 2.17. The maximum absolute atomic E-state index is 11.3. The van der Waals surface area contributed by atoms with Crippen LogP contribution in [0.4, 0.5) is 0 Å². The minimum atomic E-state index is -0.548. The predicted octanol–water partition coefficient (Wildman–Crippen LogP) is 1.52. The Morgan fingerprint density at radius 3 is 2.73 bits per heavy atom. The first-order chi connectivity index (χ1) is 6.97. The molecule has 1 heterocycles. The largest absolute Gasteiger partial charge is 0.502 e. The highest BCUT2D eigenvalue weighted by Crippen LogP contribution is 2.28. The van der Waals surface area contributed by atoms with E-state index >= 15 is 0 Å². The Kier molecular flexibility index (Phi) is 3.31. The zero-order valence-corrected chi connectivity index (χ0v) is 8.78. The highest BCUT2D eigenvalue weighted by atomic mass is 16.4. The summed E-state index contributed by atoms with van der Waals surface area (Å²) in [6.07, 6.45) is 0. The molecule has 0 aliphatic heterocycles. The number of hydrogen-bond acceptors (Lipinski definition) is 4. The van der Waals surface area contributed by atoms with Crippen molar-refractivity contribution >= 4 is 0 Å². The third-order valence-electron chi connectivity index (χ3n) is 2.29. The number of hydrogen-bond donors (Lipinski definition) is 2. The van der Waals surface area contributed by atoms with E-state index in [-0.39, 0.29) is 24.0 Å². The summed E-state index contributed by atoms with van der Waals surface area (Å²) in [5.74, 6) is -0.383. The molecule has 1 rings (SSSR count). The van der Waals surface area contributed by atoms with Gasteiger partial charge >= 0.3 is 0 Å². The Hall–Kier alpha value is -1.55. The van der Waals surface area contributed by atoms with Crippen LogP contribution in [-0.4, -0.2) is 10.2 Å². The lowest BCUT2D eigenvalue weighted by Gasteiger charge is -2.12. The second kappa shape index (κ2) is 4.31. The van der Waals surface area contributed by atoms with Crippen LogP contribution < -0.4 is 5.43 Å². The number of aliphatic hydroxyl groups excluding tert-OH is 1. The van der Waals surface area contributed by atoms with Gasteiger partial charge in [0.05, 0.1) is 0 Å². The van der Waals surface area contributed by atoms with Crippen molar-refractivity contribution in [2.24, 2.45) is 0 Å². The van der Waals surface area contributed by atoms with Gasteiger partial charge in [0, 0.05) is 12.0 Å². The van der Waals surface area contributed by atoms with Crippen molar-refractivity contribution < 1.29 is 14.6 Å².